The minimum atomic E-state index is -5.20. The third kappa shape index (κ3) is 4.58. The molecule has 5 nitrogen and oxygen atoms in total. The average molecular weight is 313 g/mol. The molecule has 0 saturated carbocycles. The van der Waals surface area contributed by atoms with Crippen molar-refractivity contribution in [2.75, 3.05) is 6.54 Å². The van der Waals surface area contributed by atoms with E-state index in [0.717, 1.165) is 18.2 Å². The SMILES string of the molecule is O=C(O)C(CNC(=O)C(F)(F)F)Oc1cccc(F)c1F. The molecule has 0 spiro atoms. The van der Waals surface area contributed by atoms with Gasteiger partial charge in [0.15, 0.2) is 11.6 Å². The molecule has 0 radical (unpaired) electrons. The fraction of sp³-hybridized carbons (Fsp3) is 0.273. The van der Waals surface area contributed by atoms with Gasteiger partial charge < -0.3 is 15.2 Å². The van der Waals surface area contributed by atoms with Crippen LogP contribution in [-0.2, 0) is 9.59 Å². The molecule has 2 N–H and O–H groups in total. The number of carboxylic acids is 1. The van der Waals surface area contributed by atoms with E-state index in [4.69, 9.17) is 5.11 Å². The third-order valence-electron chi connectivity index (χ3n) is 2.17. The Morgan fingerprint density at radius 2 is 1.90 bits per heavy atom. The van der Waals surface area contributed by atoms with Gasteiger partial charge in [0.25, 0.3) is 0 Å². The number of hydrogen-bond acceptors (Lipinski definition) is 3. The van der Waals surface area contributed by atoms with Crippen molar-refractivity contribution < 1.29 is 41.4 Å². The minimum Gasteiger partial charge on any atom is -0.478 e. The fourth-order valence-corrected chi connectivity index (χ4v) is 1.19. The first-order valence-corrected chi connectivity index (χ1v) is 5.31. The molecule has 1 aromatic rings. The van der Waals surface area contributed by atoms with Crippen molar-refractivity contribution in [3.05, 3.63) is 29.8 Å². The second-order valence-corrected chi connectivity index (χ2v) is 3.70. The van der Waals surface area contributed by atoms with Crippen molar-refractivity contribution in [3.8, 4) is 5.75 Å². The van der Waals surface area contributed by atoms with Crippen LogP contribution < -0.4 is 10.1 Å². The Hall–Kier alpha value is -2.39. The second kappa shape index (κ2) is 6.37. The maximum atomic E-state index is 13.3. The lowest BCUT2D eigenvalue weighted by atomic mass is 10.3. The number of alkyl halides is 3. The Morgan fingerprint density at radius 1 is 1.29 bits per heavy atom. The number of amides is 1. The van der Waals surface area contributed by atoms with Gasteiger partial charge in [-0.25, -0.2) is 9.18 Å². The molecular weight excluding hydrogens is 305 g/mol. The molecule has 0 aliphatic heterocycles. The summed E-state index contributed by atoms with van der Waals surface area (Å²) in [7, 11) is 0. The molecule has 1 unspecified atom stereocenters. The fourth-order valence-electron chi connectivity index (χ4n) is 1.19. The normalized spacial score (nSPS) is 12.6. The zero-order valence-electron chi connectivity index (χ0n) is 10.1. The summed E-state index contributed by atoms with van der Waals surface area (Å²) in [6.45, 7) is -1.08. The van der Waals surface area contributed by atoms with Crippen molar-refractivity contribution >= 4 is 11.9 Å². The number of ether oxygens (including phenoxy) is 1. The van der Waals surface area contributed by atoms with Gasteiger partial charge in [0.2, 0.25) is 11.9 Å². The molecule has 0 heterocycles. The summed E-state index contributed by atoms with van der Waals surface area (Å²) in [4.78, 5) is 21.3. The molecule has 116 valence electrons. The quantitative estimate of drug-likeness (QED) is 0.807. The molecule has 21 heavy (non-hydrogen) atoms. The summed E-state index contributed by atoms with van der Waals surface area (Å²) in [5, 5.41) is 10.0. The monoisotopic (exact) mass is 313 g/mol. The molecule has 1 atom stereocenters. The average Bonchev–Trinajstić information content (AvgIpc) is 2.37. The molecule has 0 fully saturated rings. The van der Waals surface area contributed by atoms with Gasteiger partial charge in [-0.3, -0.25) is 4.79 Å². The van der Waals surface area contributed by atoms with E-state index in [-0.39, 0.29) is 0 Å². The lowest BCUT2D eigenvalue weighted by Crippen LogP contribution is -2.45. The van der Waals surface area contributed by atoms with E-state index < -0.39 is 48.1 Å². The topological polar surface area (TPSA) is 75.6 Å². The molecule has 0 aliphatic carbocycles. The highest BCUT2D eigenvalue weighted by atomic mass is 19.4. The summed E-state index contributed by atoms with van der Waals surface area (Å²) < 4.78 is 66.5. The van der Waals surface area contributed by atoms with E-state index in [1.165, 1.54) is 5.32 Å². The Balaban J connectivity index is 2.77. The van der Waals surface area contributed by atoms with E-state index in [2.05, 4.69) is 4.74 Å². The predicted octanol–water partition coefficient (Wildman–Crippen LogP) is 1.48. The molecule has 0 aromatic heterocycles. The number of carboxylic acid groups (broad SMARTS) is 1. The van der Waals surface area contributed by atoms with E-state index in [0.29, 0.717) is 0 Å². The highest BCUT2D eigenvalue weighted by molar-refractivity contribution is 5.82. The van der Waals surface area contributed by atoms with Crippen LogP contribution in [0, 0.1) is 11.6 Å². The summed E-state index contributed by atoms with van der Waals surface area (Å²) >= 11 is 0. The van der Waals surface area contributed by atoms with Crippen molar-refractivity contribution in [2.45, 2.75) is 12.3 Å². The van der Waals surface area contributed by atoms with Crippen LogP contribution in [-0.4, -0.2) is 35.8 Å². The van der Waals surface area contributed by atoms with Crippen LogP contribution in [0.15, 0.2) is 18.2 Å². The highest BCUT2D eigenvalue weighted by Gasteiger charge is 2.39. The number of aliphatic carboxylic acids is 1. The smallest absolute Gasteiger partial charge is 0.471 e. The highest BCUT2D eigenvalue weighted by Crippen LogP contribution is 2.20. The number of nitrogens with one attached hydrogen (secondary N) is 1. The van der Waals surface area contributed by atoms with Crippen LogP contribution in [0.5, 0.6) is 5.75 Å². The Kier molecular flexibility index (Phi) is 5.06. The van der Waals surface area contributed by atoms with Gasteiger partial charge in [-0.15, -0.1) is 0 Å². The zero-order chi connectivity index (χ0) is 16.2. The first-order valence-electron chi connectivity index (χ1n) is 5.31. The van der Waals surface area contributed by atoms with E-state index >= 15 is 0 Å². The lowest BCUT2D eigenvalue weighted by Gasteiger charge is -2.16. The van der Waals surface area contributed by atoms with Gasteiger partial charge in [-0.2, -0.15) is 17.6 Å². The van der Waals surface area contributed by atoms with E-state index in [9.17, 15) is 31.5 Å². The number of rotatable bonds is 5. The van der Waals surface area contributed by atoms with Gasteiger partial charge >= 0.3 is 18.1 Å². The number of carbonyl (C=O) groups excluding carboxylic acids is 1. The molecule has 0 bridgehead atoms. The van der Waals surface area contributed by atoms with Gasteiger partial charge in [-0.05, 0) is 12.1 Å². The van der Waals surface area contributed by atoms with E-state index in [1.54, 1.807) is 0 Å². The summed E-state index contributed by atoms with van der Waals surface area (Å²) in [6, 6.07) is 2.64. The van der Waals surface area contributed by atoms with Crippen molar-refractivity contribution in [2.24, 2.45) is 0 Å². The maximum absolute atomic E-state index is 13.3. The molecule has 10 heteroatoms. The number of benzene rings is 1. The Labute approximate surface area is 114 Å². The molecule has 0 aliphatic rings. The van der Waals surface area contributed by atoms with Gasteiger partial charge in [0.05, 0.1) is 6.54 Å². The number of carbonyl (C=O) groups is 2. The van der Waals surface area contributed by atoms with Crippen LogP contribution in [0.2, 0.25) is 0 Å². The zero-order valence-corrected chi connectivity index (χ0v) is 10.1. The third-order valence-corrected chi connectivity index (χ3v) is 2.17. The molecule has 1 rings (SSSR count). The van der Waals surface area contributed by atoms with Crippen molar-refractivity contribution in [1.82, 2.24) is 5.32 Å². The Bertz CT molecular complexity index is 546. The van der Waals surface area contributed by atoms with Gasteiger partial charge in [-0.1, -0.05) is 6.07 Å². The minimum absolute atomic E-state index is 0.739. The van der Waals surface area contributed by atoms with Crippen LogP contribution >= 0.6 is 0 Å². The van der Waals surface area contributed by atoms with Gasteiger partial charge in [0.1, 0.15) is 0 Å². The standard InChI is InChI=1S/C11H8F5NO4/c12-5-2-1-3-6(8(5)13)21-7(9(18)19)4-17-10(20)11(14,15)16/h1-3,7H,4H2,(H,17,20)(H,18,19). The first kappa shape index (κ1) is 16.7. The summed E-state index contributed by atoms with van der Waals surface area (Å²) in [6.07, 6.45) is -7.22. The second-order valence-electron chi connectivity index (χ2n) is 3.70. The van der Waals surface area contributed by atoms with E-state index in [1.807, 2.05) is 0 Å². The molecule has 1 aromatic carbocycles. The Morgan fingerprint density at radius 3 is 2.43 bits per heavy atom. The molecule has 0 saturated heterocycles. The van der Waals surface area contributed by atoms with Crippen LogP contribution in [0.1, 0.15) is 0 Å². The number of halogens is 5. The van der Waals surface area contributed by atoms with Crippen LogP contribution in [0.25, 0.3) is 0 Å². The molecule has 1 amide bonds. The van der Waals surface area contributed by atoms with Crippen molar-refractivity contribution in [3.63, 3.8) is 0 Å². The largest absolute Gasteiger partial charge is 0.478 e. The first-order chi connectivity index (χ1) is 9.62. The summed E-state index contributed by atoms with van der Waals surface area (Å²) in [5.41, 5.74) is 0. The van der Waals surface area contributed by atoms with Gasteiger partial charge in [0, 0.05) is 0 Å². The van der Waals surface area contributed by atoms with Crippen LogP contribution in [0.3, 0.4) is 0 Å². The maximum Gasteiger partial charge on any atom is 0.471 e. The summed E-state index contributed by atoms with van der Waals surface area (Å²) in [5.74, 6) is -7.76. The number of hydrogen-bond donors (Lipinski definition) is 2. The molecular formula is C11H8F5NO4. The van der Waals surface area contributed by atoms with Crippen LogP contribution in [0.4, 0.5) is 22.0 Å². The van der Waals surface area contributed by atoms with Crippen molar-refractivity contribution in [1.29, 1.82) is 0 Å². The lowest BCUT2D eigenvalue weighted by molar-refractivity contribution is -0.174. The predicted molar refractivity (Wildman–Crippen MR) is 57.5 cm³/mol.